The van der Waals surface area contributed by atoms with Gasteiger partial charge in [-0.15, -0.1) is 0 Å². The zero-order valence-electron chi connectivity index (χ0n) is 10.8. The molecule has 0 saturated carbocycles. The maximum Gasteiger partial charge on any atom is 0.426 e. The van der Waals surface area contributed by atoms with Gasteiger partial charge in [0.1, 0.15) is 0 Å². The Morgan fingerprint density at radius 1 is 1.05 bits per heavy atom. The van der Waals surface area contributed by atoms with E-state index in [-0.39, 0.29) is 12.3 Å². The van der Waals surface area contributed by atoms with E-state index < -0.39 is 24.4 Å². The van der Waals surface area contributed by atoms with Crippen molar-refractivity contribution in [2.24, 2.45) is 5.92 Å². The first-order valence-corrected chi connectivity index (χ1v) is 5.96. The van der Waals surface area contributed by atoms with Crippen LogP contribution in [0.4, 0.5) is 26.3 Å². The number of rotatable bonds is 6. The molecule has 0 saturated heterocycles. The van der Waals surface area contributed by atoms with Crippen LogP contribution in [-0.4, -0.2) is 23.1 Å². The molecule has 1 nitrogen and oxygen atoms in total. The molecule has 1 N–H and O–H groups in total. The fourth-order valence-corrected chi connectivity index (χ4v) is 1.67. The van der Waals surface area contributed by atoms with E-state index in [4.69, 9.17) is 5.11 Å². The second-order valence-corrected chi connectivity index (χ2v) is 4.47. The van der Waals surface area contributed by atoms with Crippen LogP contribution < -0.4 is 0 Å². The van der Waals surface area contributed by atoms with Gasteiger partial charge in [0.15, 0.2) is 0 Å². The van der Waals surface area contributed by atoms with Crippen molar-refractivity contribution < 1.29 is 31.4 Å². The van der Waals surface area contributed by atoms with Crippen LogP contribution in [0.1, 0.15) is 39.5 Å². The molecule has 0 bridgehead atoms. The molecule has 0 fully saturated rings. The van der Waals surface area contributed by atoms with Gasteiger partial charge in [0.2, 0.25) is 0 Å². The monoisotopic (exact) mass is 292 g/mol. The summed E-state index contributed by atoms with van der Waals surface area (Å²) in [6.45, 7) is 3.41. The van der Waals surface area contributed by atoms with Crippen molar-refractivity contribution in [2.75, 3.05) is 0 Å². The maximum absolute atomic E-state index is 12.4. The average Bonchev–Trinajstić information content (AvgIpc) is 2.26. The van der Waals surface area contributed by atoms with Crippen molar-refractivity contribution in [3.63, 3.8) is 0 Å². The molecule has 0 aliphatic heterocycles. The SMILES string of the molecule is C/C=C\CC(CC)CCC(O)(C(F)(F)F)C(F)(F)F. The zero-order valence-corrected chi connectivity index (χ0v) is 10.8. The van der Waals surface area contributed by atoms with Crippen LogP contribution in [0, 0.1) is 5.92 Å². The highest BCUT2D eigenvalue weighted by molar-refractivity contribution is 4.94. The van der Waals surface area contributed by atoms with Gasteiger partial charge in [-0.2, -0.15) is 26.3 Å². The Hall–Kier alpha value is -0.720. The second kappa shape index (κ2) is 6.63. The molecule has 0 spiro atoms. The first kappa shape index (κ1) is 18.3. The lowest BCUT2D eigenvalue weighted by atomic mass is 9.88. The van der Waals surface area contributed by atoms with Gasteiger partial charge in [-0.1, -0.05) is 25.5 Å². The van der Waals surface area contributed by atoms with Crippen molar-refractivity contribution in [1.29, 1.82) is 0 Å². The van der Waals surface area contributed by atoms with E-state index in [2.05, 4.69) is 0 Å². The molecule has 0 aliphatic rings. The quantitative estimate of drug-likeness (QED) is 0.559. The number of aliphatic hydroxyl groups is 1. The van der Waals surface area contributed by atoms with E-state index >= 15 is 0 Å². The van der Waals surface area contributed by atoms with Crippen LogP contribution in [0.15, 0.2) is 12.2 Å². The Kier molecular flexibility index (Phi) is 6.38. The third-order valence-electron chi connectivity index (χ3n) is 3.13. The van der Waals surface area contributed by atoms with Gasteiger partial charge in [-0.05, 0) is 32.1 Å². The Morgan fingerprint density at radius 3 is 1.84 bits per heavy atom. The molecule has 0 aromatic carbocycles. The normalized spacial score (nSPS) is 16.1. The van der Waals surface area contributed by atoms with Gasteiger partial charge in [0.25, 0.3) is 5.60 Å². The highest BCUT2D eigenvalue weighted by Gasteiger charge is 2.69. The number of halogens is 6. The molecule has 1 atom stereocenters. The summed E-state index contributed by atoms with van der Waals surface area (Å²) in [7, 11) is 0. The summed E-state index contributed by atoms with van der Waals surface area (Å²) in [5, 5.41) is 8.99. The van der Waals surface area contributed by atoms with Gasteiger partial charge < -0.3 is 5.11 Å². The molecule has 0 amide bonds. The molecule has 19 heavy (non-hydrogen) atoms. The van der Waals surface area contributed by atoms with Crippen molar-refractivity contribution in [2.45, 2.75) is 57.5 Å². The van der Waals surface area contributed by atoms with Crippen molar-refractivity contribution in [3.05, 3.63) is 12.2 Å². The van der Waals surface area contributed by atoms with Crippen molar-refractivity contribution >= 4 is 0 Å². The number of hydrogen-bond acceptors (Lipinski definition) is 1. The minimum atomic E-state index is -5.72. The summed E-state index contributed by atoms with van der Waals surface area (Å²) >= 11 is 0. The molecular formula is C12H18F6O. The minimum Gasteiger partial charge on any atom is -0.374 e. The highest BCUT2D eigenvalue weighted by Crippen LogP contribution is 2.46. The van der Waals surface area contributed by atoms with Crippen LogP contribution in [0.3, 0.4) is 0 Å². The lowest BCUT2D eigenvalue weighted by molar-refractivity contribution is -0.370. The minimum absolute atomic E-state index is 0.313. The molecule has 114 valence electrons. The fourth-order valence-electron chi connectivity index (χ4n) is 1.67. The van der Waals surface area contributed by atoms with Crippen LogP contribution in [0.5, 0.6) is 0 Å². The van der Waals surface area contributed by atoms with E-state index in [1.807, 2.05) is 0 Å². The van der Waals surface area contributed by atoms with Gasteiger partial charge in [-0.3, -0.25) is 0 Å². The molecule has 7 heteroatoms. The zero-order chi connectivity index (χ0) is 15.3. The van der Waals surface area contributed by atoms with Gasteiger partial charge in [0, 0.05) is 0 Å². The Balaban J connectivity index is 4.87. The Bertz CT molecular complexity index is 278. The van der Waals surface area contributed by atoms with E-state index in [0.29, 0.717) is 12.8 Å². The predicted octanol–water partition coefficient (Wildman–Crippen LogP) is 4.61. The van der Waals surface area contributed by atoms with E-state index in [1.165, 1.54) is 0 Å². The molecule has 0 radical (unpaired) electrons. The summed E-state index contributed by atoms with van der Waals surface area (Å²) in [4.78, 5) is 0. The summed E-state index contributed by atoms with van der Waals surface area (Å²) in [5.74, 6) is -0.313. The molecule has 1 unspecified atom stereocenters. The lowest BCUT2D eigenvalue weighted by Gasteiger charge is -2.33. The maximum atomic E-state index is 12.4. The van der Waals surface area contributed by atoms with E-state index in [9.17, 15) is 26.3 Å². The largest absolute Gasteiger partial charge is 0.426 e. The van der Waals surface area contributed by atoms with E-state index in [0.717, 1.165) is 0 Å². The summed E-state index contributed by atoms with van der Waals surface area (Å²) < 4.78 is 74.5. The molecule has 0 aliphatic carbocycles. The van der Waals surface area contributed by atoms with Crippen LogP contribution >= 0.6 is 0 Å². The fraction of sp³-hybridized carbons (Fsp3) is 0.833. The van der Waals surface area contributed by atoms with Crippen molar-refractivity contribution in [1.82, 2.24) is 0 Å². The number of alkyl halides is 6. The van der Waals surface area contributed by atoms with Gasteiger partial charge in [0.05, 0.1) is 0 Å². The molecular weight excluding hydrogens is 274 g/mol. The van der Waals surface area contributed by atoms with Crippen LogP contribution in [0.25, 0.3) is 0 Å². The first-order chi connectivity index (χ1) is 8.49. The number of hydrogen-bond donors (Lipinski definition) is 1. The average molecular weight is 292 g/mol. The second-order valence-electron chi connectivity index (χ2n) is 4.47. The molecule has 0 rings (SSSR count). The smallest absolute Gasteiger partial charge is 0.374 e. The summed E-state index contributed by atoms with van der Waals surface area (Å²) in [5.41, 5.74) is -4.62. The first-order valence-electron chi connectivity index (χ1n) is 5.96. The predicted molar refractivity (Wildman–Crippen MR) is 59.5 cm³/mol. The molecule has 0 aromatic rings. The van der Waals surface area contributed by atoms with Crippen LogP contribution in [0.2, 0.25) is 0 Å². The van der Waals surface area contributed by atoms with Gasteiger partial charge >= 0.3 is 12.4 Å². The highest BCUT2D eigenvalue weighted by atomic mass is 19.4. The van der Waals surface area contributed by atoms with Gasteiger partial charge in [-0.25, -0.2) is 0 Å². The van der Waals surface area contributed by atoms with E-state index in [1.54, 1.807) is 26.0 Å². The number of allylic oxidation sites excluding steroid dienone is 2. The Labute approximate surface area is 108 Å². The summed E-state index contributed by atoms with van der Waals surface area (Å²) in [6, 6.07) is 0. The van der Waals surface area contributed by atoms with Crippen molar-refractivity contribution in [3.8, 4) is 0 Å². The topological polar surface area (TPSA) is 20.2 Å². The third-order valence-corrected chi connectivity index (χ3v) is 3.13. The van der Waals surface area contributed by atoms with Crippen LogP contribution in [-0.2, 0) is 0 Å². The Morgan fingerprint density at radius 2 is 1.53 bits per heavy atom. The third kappa shape index (κ3) is 4.71. The molecule has 0 heterocycles. The standard InChI is InChI=1S/C12H18F6O/c1-3-5-6-9(4-2)7-8-10(19,11(13,14)15)12(16,17)18/h3,5,9,19H,4,6-8H2,1-2H3/b5-3-. The lowest BCUT2D eigenvalue weighted by Crippen LogP contribution is -2.56. The molecule has 0 aromatic heterocycles. The summed E-state index contributed by atoms with van der Waals surface area (Å²) in [6.07, 6.45) is -8.91.